The fraction of sp³-hybridized carbons (Fsp3) is 0.611. The Morgan fingerprint density at radius 1 is 1.38 bits per heavy atom. The minimum atomic E-state index is -0.336. The summed E-state index contributed by atoms with van der Waals surface area (Å²) < 4.78 is 25.0. The Bertz CT molecular complexity index is 564. The van der Waals surface area contributed by atoms with Gasteiger partial charge in [-0.25, -0.2) is 4.39 Å². The van der Waals surface area contributed by atoms with Gasteiger partial charge in [0.2, 0.25) is 0 Å². The van der Waals surface area contributed by atoms with Crippen LogP contribution in [0.4, 0.5) is 4.39 Å². The summed E-state index contributed by atoms with van der Waals surface area (Å²) >= 11 is 0. The quantitative estimate of drug-likeness (QED) is 0.822. The second kappa shape index (κ2) is 7.59. The molecule has 2 fully saturated rings. The molecule has 3 atom stereocenters. The fourth-order valence-electron chi connectivity index (χ4n) is 3.43. The van der Waals surface area contributed by atoms with Gasteiger partial charge in [-0.05, 0) is 51.2 Å². The number of carbonyl (C=O) groups excluding carboxylic acids is 1. The lowest BCUT2D eigenvalue weighted by Gasteiger charge is -2.32. The Hall–Kier alpha value is -1.50. The van der Waals surface area contributed by atoms with Crippen LogP contribution in [0.15, 0.2) is 24.3 Å². The number of ether oxygens (including phenoxy) is 2. The van der Waals surface area contributed by atoms with Crippen molar-refractivity contribution < 1.29 is 18.7 Å². The summed E-state index contributed by atoms with van der Waals surface area (Å²) in [6, 6.07) is 5.76. The second-order valence-electron chi connectivity index (χ2n) is 6.72. The maximum atomic E-state index is 13.1. The van der Waals surface area contributed by atoms with E-state index in [0.29, 0.717) is 25.3 Å². The number of hydrogen-bond acceptors (Lipinski definition) is 4. The van der Waals surface area contributed by atoms with Crippen LogP contribution in [-0.4, -0.2) is 74.4 Å². The zero-order valence-corrected chi connectivity index (χ0v) is 14.3. The van der Waals surface area contributed by atoms with Crippen molar-refractivity contribution in [3.05, 3.63) is 35.6 Å². The van der Waals surface area contributed by atoms with Crippen molar-refractivity contribution in [3.8, 4) is 0 Å². The van der Waals surface area contributed by atoms with E-state index in [1.165, 1.54) is 24.3 Å². The number of nitrogens with zero attached hydrogens (tertiary/aromatic N) is 2. The van der Waals surface area contributed by atoms with Crippen LogP contribution in [0.25, 0.3) is 0 Å². The topological polar surface area (TPSA) is 42.0 Å². The van der Waals surface area contributed by atoms with Crippen molar-refractivity contribution >= 4 is 5.91 Å². The molecule has 0 spiro atoms. The molecule has 132 valence electrons. The van der Waals surface area contributed by atoms with Gasteiger partial charge in [0.05, 0.1) is 19.2 Å². The van der Waals surface area contributed by atoms with Crippen LogP contribution in [0.5, 0.6) is 0 Å². The van der Waals surface area contributed by atoms with Crippen molar-refractivity contribution in [2.75, 3.05) is 40.4 Å². The molecule has 24 heavy (non-hydrogen) atoms. The molecule has 0 radical (unpaired) electrons. The third-order valence-corrected chi connectivity index (χ3v) is 4.70. The van der Waals surface area contributed by atoms with Gasteiger partial charge in [0.15, 0.2) is 0 Å². The van der Waals surface area contributed by atoms with Crippen molar-refractivity contribution in [1.82, 2.24) is 9.80 Å². The van der Waals surface area contributed by atoms with E-state index in [0.717, 1.165) is 19.4 Å². The van der Waals surface area contributed by atoms with E-state index in [1.54, 1.807) is 0 Å². The van der Waals surface area contributed by atoms with Gasteiger partial charge in [0, 0.05) is 18.7 Å². The summed E-state index contributed by atoms with van der Waals surface area (Å²) in [5.41, 5.74) is 0.509. The number of amides is 1. The molecule has 0 saturated carbocycles. The predicted molar refractivity (Wildman–Crippen MR) is 88.5 cm³/mol. The van der Waals surface area contributed by atoms with E-state index in [-0.39, 0.29) is 30.0 Å². The summed E-state index contributed by atoms with van der Waals surface area (Å²) in [5, 5.41) is 0. The van der Waals surface area contributed by atoms with E-state index in [4.69, 9.17) is 9.47 Å². The average molecular weight is 336 g/mol. The van der Waals surface area contributed by atoms with E-state index in [2.05, 4.69) is 4.90 Å². The monoisotopic (exact) mass is 336 g/mol. The molecule has 1 aromatic rings. The first-order chi connectivity index (χ1) is 11.6. The second-order valence-corrected chi connectivity index (χ2v) is 6.72. The first-order valence-electron chi connectivity index (χ1n) is 8.51. The first kappa shape index (κ1) is 17.3. The molecule has 2 aliphatic rings. The average Bonchev–Trinajstić information content (AvgIpc) is 2.94. The summed E-state index contributed by atoms with van der Waals surface area (Å²) in [5.74, 6) is -0.411. The maximum Gasteiger partial charge on any atom is 0.254 e. The van der Waals surface area contributed by atoms with Crippen molar-refractivity contribution in [3.63, 3.8) is 0 Å². The lowest BCUT2D eigenvalue weighted by atomic mass is 10.0. The lowest BCUT2D eigenvalue weighted by Crippen LogP contribution is -2.44. The van der Waals surface area contributed by atoms with Gasteiger partial charge >= 0.3 is 0 Å². The van der Waals surface area contributed by atoms with Crippen LogP contribution in [0.2, 0.25) is 0 Å². The minimum Gasteiger partial charge on any atom is -0.373 e. The maximum absolute atomic E-state index is 13.1. The van der Waals surface area contributed by atoms with Gasteiger partial charge in [0.25, 0.3) is 5.91 Å². The first-order valence-corrected chi connectivity index (χ1v) is 8.51. The largest absolute Gasteiger partial charge is 0.373 e. The third-order valence-electron chi connectivity index (χ3n) is 4.70. The molecule has 0 aromatic heterocycles. The Balaban J connectivity index is 1.70. The van der Waals surface area contributed by atoms with Crippen LogP contribution in [-0.2, 0) is 9.47 Å². The Kier molecular flexibility index (Phi) is 5.48. The number of halogens is 1. The highest BCUT2D eigenvalue weighted by Gasteiger charge is 2.46. The minimum absolute atomic E-state index is 0.0423. The van der Waals surface area contributed by atoms with Crippen molar-refractivity contribution in [2.45, 2.75) is 31.1 Å². The molecule has 6 heteroatoms. The van der Waals surface area contributed by atoms with Gasteiger partial charge in [-0.3, -0.25) is 4.79 Å². The zero-order valence-electron chi connectivity index (χ0n) is 14.3. The molecule has 1 aromatic carbocycles. The molecule has 2 saturated heterocycles. The molecule has 1 amide bonds. The molecule has 3 rings (SSSR count). The highest BCUT2D eigenvalue weighted by molar-refractivity contribution is 5.94. The lowest BCUT2D eigenvalue weighted by molar-refractivity contribution is -0.0776. The van der Waals surface area contributed by atoms with Gasteiger partial charge in [0.1, 0.15) is 18.0 Å². The predicted octanol–water partition coefficient (Wildman–Crippen LogP) is 1.78. The van der Waals surface area contributed by atoms with Gasteiger partial charge < -0.3 is 19.3 Å². The standard InChI is InChI=1S/C18H25FN2O3/c1-20(2)9-11-23-16-12-21(15-4-3-10-24-17(15)16)18(22)13-5-7-14(19)8-6-13/h5-8,15-17H,3-4,9-12H2,1-2H3/t15-,16-,17+/m1/s1. The molecule has 2 aliphatic heterocycles. The molecule has 2 heterocycles. The van der Waals surface area contributed by atoms with Crippen LogP contribution in [0, 0.1) is 5.82 Å². The molecule has 0 bridgehead atoms. The van der Waals surface area contributed by atoms with E-state index < -0.39 is 0 Å². The van der Waals surface area contributed by atoms with Gasteiger partial charge in [-0.15, -0.1) is 0 Å². The molecular weight excluding hydrogens is 311 g/mol. The van der Waals surface area contributed by atoms with Crippen LogP contribution in [0.1, 0.15) is 23.2 Å². The Labute approximate surface area is 142 Å². The Morgan fingerprint density at radius 3 is 2.83 bits per heavy atom. The van der Waals surface area contributed by atoms with Crippen LogP contribution >= 0.6 is 0 Å². The molecule has 0 N–H and O–H groups in total. The SMILES string of the molecule is CN(C)CCO[C@@H]1CN(C(=O)c2ccc(F)cc2)[C@@H]2CCCO[C@@H]21. The third kappa shape index (κ3) is 3.77. The fourth-order valence-corrected chi connectivity index (χ4v) is 3.43. The molecule has 5 nitrogen and oxygen atoms in total. The number of benzene rings is 1. The van der Waals surface area contributed by atoms with Gasteiger partial charge in [-0.2, -0.15) is 0 Å². The highest BCUT2D eigenvalue weighted by atomic mass is 19.1. The molecule has 0 unspecified atom stereocenters. The number of likely N-dealkylation sites (N-methyl/N-ethyl adjacent to an activating group) is 1. The summed E-state index contributed by atoms with van der Waals surface area (Å²) in [6.45, 7) is 2.69. The number of hydrogen-bond donors (Lipinski definition) is 0. The number of carbonyl (C=O) groups is 1. The van der Waals surface area contributed by atoms with E-state index >= 15 is 0 Å². The van der Waals surface area contributed by atoms with Crippen molar-refractivity contribution in [2.24, 2.45) is 0 Å². The summed E-state index contributed by atoms with van der Waals surface area (Å²) in [7, 11) is 4.00. The Morgan fingerprint density at radius 2 is 2.12 bits per heavy atom. The van der Waals surface area contributed by atoms with Crippen molar-refractivity contribution in [1.29, 1.82) is 0 Å². The molecule has 0 aliphatic carbocycles. The summed E-state index contributed by atoms with van der Waals surface area (Å²) in [6.07, 6.45) is 1.70. The highest BCUT2D eigenvalue weighted by Crippen LogP contribution is 2.31. The van der Waals surface area contributed by atoms with E-state index in [9.17, 15) is 9.18 Å². The number of rotatable bonds is 5. The normalized spacial score (nSPS) is 26.7. The van der Waals surface area contributed by atoms with Gasteiger partial charge in [-0.1, -0.05) is 0 Å². The number of likely N-dealkylation sites (tertiary alicyclic amines) is 1. The van der Waals surface area contributed by atoms with Crippen LogP contribution in [0.3, 0.4) is 0 Å². The number of fused-ring (bicyclic) bond motifs is 1. The smallest absolute Gasteiger partial charge is 0.254 e. The summed E-state index contributed by atoms with van der Waals surface area (Å²) in [4.78, 5) is 16.7. The van der Waals surface area contributed by atoms with E-state index in [1.807, 2.05) is 19.0 Å². The van der Waals surface area contributed by atoms with Crippen LogP contribution < -0.4 is 0 Å². The zero-order chi connectivity index (χ0) is 17.1. The molecular formula is C18H25FN2O3.